The van der Waals surface area contributed by atoms with Crippen LogP contribution < -0.4 is 5.32 Å². The summed E-state index contributed by atoms with van der Waals surface area (Å²) in [7, 11) is 0. The lowest BCUT2D eigenvalue weighted by Crippen LogP contribution is -2.50. The number of aromatic nitrogens is 1. The molecule has 110 valence electrons. The third-order valence-corrected chi connectivity index (χ3v) is 3.78. The van der Waals surface area contributed by atoms with E-state index in [1.165, 1.54) is 0 Å². The fourth-order valence-electron chi connectivity index (χ4n) is 2.28. The fourth-order valence-corrected chi connectivity index (χ4v) is 2.42. The maximum absolute atomic E-state index is 12.0. The van der Waals surface area contributed by atoms with Crippen LogP contribution in [-0.2, 0) is 4.79 Å². The van der Waals surface area contributed by atoms with E-state index in [1.807, 2.05) is 6.07 Å². The number of amides is 1. The van der Waals surface area contributed by atoms with E-state index in [-0.39, 0.29) is 5.91 Å². The van der Waals surface area contributed by atoms with E-state index in [4.69, 9.17) is 0 Å². The van der Waals surface area contributed by atoms with Crippen LogP contribution in [0.25, 0.3) is 0 Å². The highest BCUT2D eigenvalue weighted by Gasteiger charge is 2.20. The number of nitrogens with zero attached hydrogens (tertiary/aromatic N) is 3. The number of carbonyl (C=O) groups is 1. The van der Waals surface area contributed by atoms with Gasteiger partial charge in [-0.25, -0.2) is 4.98 Å². The van der Waals surface area contributed by atoms with Crippen molar-refractivity contribution in [3.63, 3.8) is 0 Å². The number of thiol groups is 1. The van der Waals surface area contributed by atoms with Gasteiger partial charge in [-0.05, 0) is 26.0 Å². The molecule has 0 atom stereocenters. The van der Waals surface area contributed by atoms with Gasteiger partial charge in [-0.2, -0.15) is 0 Å². The molecule has 0 unspecified atom stereocenters. The molecule has 6 heteroatoms. The minimum Gasteiger partial charge on any atom is -0.310 e. The highest BCUT2D eigenvalue weighted by atomic mass is 32.1. The first-order valence-electron chi connectivity index (χ1n) is 6.96. The highest BCUT2D eigenvalue weighted by molar-refractivity contribution is 7.80. The van der Waals surface area contributed by atoms with Gasteiger partial charge in [0.2, 0.25) is 5.91 Å². The molecule has 0 saturated carbocycles. The lowest BCUT2D eigenvalue weighted by molar-refractivity contribution is -0.117. The Kier molecular flexibility index (Phi) is 5.39. The summed E-state index contributed by atoms with van der Waals surface area (Å²) < 4.78 is 0. The van der Waals surface area contributed by atoms with Gasteiger partial charge in [0.1, 0.15) is 5.82 Å². The van der Waals surface area contributed by atoms with Crippen molar-refractivity contribution >= 4 is 24.4 Å². The van der Waals surface area contributed by atoms with Crippen molar-refractivity contribution in [3.05, 3.63) is 18.3 Å². The average Bonchev–Trinajstić information content (AvgIpc) is 2.42. The summed E-state index contributed by atoms with van der Waals surface area (Å²) in [5.41, 5.74) is 0. The predicted molar refractivity (Wildman–Crippen MR) is 83.3 cm³/mol. The first-order chi connectivity index (χ1) is 9.54. The van der Waals surface area contributed by atoms with Crippen LogP contribution in [0.1, 0.15) is 13.8 Å². The van der Waals surface area contributed by atoms with E-state index in [9.17, 15) is 4.79 Å². The lowest BCUT2D eigenvalue weighted by Gasteiger charge is -2.36. The van der Waals surface area contributed by atoms with E-state index in [2.05, 4.69) is 46.6 Å². The Morgan fingerprint density at radius 2 is 2.05 bits per heavy atom. The van der Waals surface area contributed by atoms with E-state index in [0.29, 0.717) is 18.4 Å². The summed E-state index contributed by atoms with van der Waals surface area (Å²) in [6.45, 7) is 8.77. The third-order valence-electron chi connectivity index (χ3n) is 3.52. The van der Waals surface area contributed by atoms with Gasteiger partial charge in [-0.15, -0.1) is 12.6 Å². The molecule has 1 N–H and O–H groups in total. The molecule has 0 aromatic carbocycles. The maximum Gasteiger partial charge on any atom is 0.239 e. The van der Waals surface area contributed by atoms with Crippen LogP contribution in [0.15, 0.2) is 23.2 Å². The van der Waals surface area contributed by atoms with Crippen LogP contribution >= 0.6 is 12.6 Å². The Labute approximate surface area is 125 Å². The van der Waals surface area contributed by atoms with Gasteiger partial charge in [0.15, 0.2) is 0 Å². The number of nitrogens with one attached hydrogen (secondary N) is 1. The summed E-state index contributed by atoms with van der Waals surface area (Å²) in [4.78, 5) is 21.5. The maximum atomic E-state index is 12.0. The summed E-state index contributed by atoms with van der Waals surface area (Å²) in [6, 6.07) is 4.15. The number of rotatable bonds is 4. The molecule has 1 fully saturated rings. The first-order valence-corrected chi connectivity index (χ1v) is 7.40. The molecular weight excluding hydrogens is 272 g/mol. The number of carbonyl (C=O) groups excluding carboxylic acids is 1. The Morgan fingerprint density at radius 3 is 2.60 bits per heavy atom. The van der Waals surface area contributed by atoms with Gasteiger partial charge in [-0.1, -0.05) is 0 Å². The van der Waals surface area contributed by atoms with E-state index in [1.54, 1.807) is 12.3 Å². The predicted octanol–water partition coefficient (Wildman–Crippen LogP) is 1.33. The van der Waals surface area contributed by atoms with Gasteiger partial charge in [0.25, 0.3) is 0 Å². The number of pyridine rings is 1. The number of hydrogen-bond donors (Lipinski definition) is 2. The van der Waals surface area contributed by atoms with Crippen molar-refractivity contribution in [2.24, 2.45) is 0 Å². The SMILES string of the molecule is CC(C)N1CCN(CC(=O)Nc2ccc(S)cn2)CC1. The molecule has 1 aromatic heterocycles. The molecule has 0 bridgehead atoms. The van der Waals surface area contributed by atoms with Crippen molar-refractivity contribution in [2.75, 3.05) is 38.0 Å². The third kappa shape index (κ3) is 4.47. The van der Waals surface area contributed by atoms with E-state index >= 15 is 0 Å². The average molecular weight is 294 g/mol. The first kappa shape index (κ1) is 15.3. The number of anilines is 1. The Hall–Kier alpha value is -1.11. The van der Waals surface area contributed by atoms with Crippen molar-refractivity contribution < 1.29 is 4.79 Å². The molecule has 20 heavy (non-hydrogen) atoms. The van der Waals surface area contributed by atoms with Crippen molar-refractivity contribution in [1.82, 2.24) is 14.8 Å². The number of piperazine rings is 1. The quantitative estimate of drug-likeness (QED) is 0.823. The van der Waals surface area contributed by atoms with Crippen LogP contribution in [0.3, 0.4) is 0 Å². The van der Waals surface area contributed by atoms with Crippen LogP contribution in [0.2, 0.25) is 0 Å². The minimum absolute atomic E-state index is 0.0117. The second-order valence-corrected chi connectivity index (χ2v) is 5.87. The molecule has 0 aliphatic carbocycles. The normalized spacial score (nSPS) is 17.4. The smallest absolute Gasteiger partial charge is 0.239 e. The monoisotopic (exact) mass is 294 g/mol. The second kappa shape index (κ2) is 7.06. The molecule has 5 nitrogen and oxygen atoms in total. The fraction of sp³-hybridized carbons (Fsp3) is 0.571. The van der Waals surface area contributed by atoms with Gasteiger partial charge in [0.05, 0.1) is 6.54 Å². The molecule has 1 aromatic rings. The van der Waals surface area contributed by atoms with Crippen molar-refractivity contribution in [2.45, 2.75) is 24.8 Å². The van der Waals surface area contributed by atoms with Gasteiger partial charge in [0, 0.05) is 43.3 Å². The molecular formula is C14H22N4OS. The summed E-state index contributed by atoms with van der Waals surface area (Å²) >= 11 is 4.17. The van der Waals surface area contributed by atoms with Gasteiger partial charge >= 0.3 is 0 Å². The largest absolute Gasteiger partial charge is 0.310 e. The van der Waals surface area contributed by atoms with E-state index < -0.39 is 0 Å². The summed E-state index contributed by atoms with van der Waals surface area (Å²) in [6.07, 6.45) is 1.63. The zero-order valence-electron chi connectivity index (χ0n) is 12.0. The highest BCUT2D eigenvalue weighted by Crippen LogP contribution is 2.09. The molecule has 2 heterocycles. The summed E-state index contributed by atoms with van der Waals surface area (Å²) in [5, 5.41) is 2.81. The van der Waals surface area contributed by atoms with Crippen molar-refractivity contribution in [1.29, 1.82) is 0 Å². The Balaban J connectivity index is 1.77. The minimum atomic E-state index is -0.0117. The molecule has 1 aliphatic heterocycles. The molecule has 2 rings (SSSR count). The Morgan fingerprint density at radius 1 is 1.35 bits per heavy atom. The standard InChI is InChI=1S/C14H22N4OS/c1-11(2)18-7-5-17(6-8-18)10-14(19)16-13-4-3-12(20)9-15-13/h3-4,9,11,20H,5-8,10H2,1-2H3,(H,15,16,19). The van der Waals surface area contributed by atoms with Crippen LogP contribution in [0.5, 0.6) is 0 Å². The van der Waals surface area contributed by atoms with E-state index in [0.717, 1.165) is 31.1 Å². The Bertz CT molecular complexity index is 441. The molecule has 0 radical (unpaired) electrons. The number of hydrogen-bond acceptors (Lipinski definition) is 5. The van der Waals surface area contributed by atoms with Crippen LogP contribution in [0.4, 0.5) is 5.82 Å². The van der Waals surface area contributed by atoms with Crippen LogP contribution in [-0.4, -0.2) is 59.5 Å². The summed E-state index contributed by atoms with van der Waals surface area (Å²) in [5.74, 6) is 0.566. The zero-order chi connectivity index (χ0) is 14.5. The molecule has 1 aliphatic rings. The topological polar surface area (TPSA) is 48.5 Å². The van der Waals surface area contributed by atoms with Gasteiger partial charge < -0.3 is 5.32 Å². The van der Waals surface area contributed by atoms with Crippen molar-refractivity contribution in [3.8, 4) is 0 Å². The zero-order valence-corrected chi connectivity index (χ0v) is 12.9. The van der Waals surface area contributed by atoms with Gasteiger partial charge in [-0.3, -0.25) is 14.6 Å². The molecule has 1 saturated heterocycles. The lowest BCUT2D eigenvalue weighted by atomic mass is 10.2. The van der Waals surface area contributed by atoms with Crippen LogP contribution in [0, 0.1) is 0 Å². The molecule has 0 spiro atoms. The molecule has 1 amide bonds. The second-order valence-electron chi connectivity index (χ2n) is 5.36.